The zero-order chi connectivity index (χ0) is 17.5. The molecule has 134 valence electrons. The summed E-state index contributed by atoms with van der Waals surface area (Å²) < 4.78 is 24.2. The minimum atomic E-state index is -3.15. The Labute approximate surface area is 146 Å². The van der Waals surface area contributed by atoms with Gasteiger partial charge in [-0.1, -0.05) is 0 Å². The number of amides is 1. The van der Waals surface area contributed by atoms with Gasteiger partial charge in [0.1, 0.15) is 0 Å². The Kier molecular flexibility index (Phi) is 4.96. The van der Waals surface area contributed by atoms with Crippen molar-refractivity contribution in [3.8, 4) is 0 Å². The monoisotopic (exact) mass is 373 g/mol. The van der Waals surface area contributed by atoms with Gasteiger partial charge in [0.05, 0.1) is 41.3 Å². The van der Waals surface area contributed by atoms with Crippen molar-refractivity contribution in [2.75, 3.05) is 37.7 Å². The first-order valence-corrected chi connectivity index (χ1v) is 10.7. The largest absolute Gasteiger partial charge is 0.395 e. The van der Waals surface area contributed by atoms with Gasteiger partial charge in [-0.05, 0) is 13.8 Å². The van der Waals surface area contributed by atoms with Crippen LogP contribution in [-0.4, -0.2) is 84.0 Å². The van der Waals surface area contributed by atoms with E-state index in [2.05, 4.69) is 4.98 Å². The minimum Gasteiger partial charge on any atom is -0.395 e. The second kappa shape index (κ2) is 6.70. The molecule has 1 aromatic rings. The van der Waals surface area contributed by atoms with E-state index < -0.39 is 9.84 Å². The lowest BCUT2D eigenvalue weighted by Gasteiger charge is -2.43. The molecule has 2 aliphatic heterocycles. The van der Waals surface area contributed by atoms with Gasteiger partial charge in [-0.3, -0.25) is 9.69 Å². The summed E-state index contributed by atoms with van der Waals surface area (Å²) in [6.45, 7) is 5.37. The van der Waals surface area contributed by atoms with Crippen LogP contribution in [0.15, 0.2) is 0 Å². The standard InChI is InChI=1S/C15H23N3O4S2/c1-10-14(23-11(2)16-10)7-15(20)18-4-3-17(5-6-19)12-8-24(21,22)9-13(12)18/h12-13,19H,3-9H2,1-2H3/t12-,13+/m1/s1. The van der Waals surface area contributed by atoms with E-state index in [1.807, 2.05) is 18.7 Å². The van der Waals surface area contributed by atoms with Crippen molar-refractivity contribution >= 4 is 27.1 Å². The van der Waals surface area contributed by atoms with Gasteiger partial charge in [-0.25, -0.2) is 13.4 Å². The van der Waals surface area contributed by atoms with E-state index in [1.54, 1.807) is 4.90 Å². The van der Waals surface area contributed by atoms with Crippen LogP contribution in [0.1, 0.15) is 15.6 Å². The lowest BCUT2D eigenvalue weighted by atomic mass is 10.0. The third kappa shape index (κ3) is 3.49. The maximum atomic E-state index is 12.8. The van der Waals surface area contributed by atoms with Crippen LogP contribution < -0.4 is 0 Å². The van der Waals surface area contributed by atoms with E-state index in [9.17, 15) is 18.3 Å². The lowest BCUT2D eigenvalue weighted by molar-refractivity contribution is -0.136. The molecular weight excluding hydrogens is 350 g/mol. The van der Waals surface area contributed by atoms with E-state index in [1.165, 1.54) is 11.3 Å². The molecule has 1 N–H and O–H groups in total. The number of β-amino-alcohol motifs (C(OH)–C–C–N with tert-alkyl or cyclic N) is 1. The number of aromatic nitrogens is 1. The summed E-state index contributed by atoms with van der Waals surface area (Å²) in [5.41, 5.74) is 0.875. The van der Waals surface area contributed by atoms with Gasteiger partial charge in [0.25, 0.3) is 0 Å². The molecule has 2 atom stereocenters. The van der Waals surface area contributed by atoms with Gasteiger partial charge in [0.2, 0.25) is 5.91 Å². The molecule has 2 fully saturated rings. The number of nitrogens with zero attached hydrogens (tertiary/aromatic N) is 3. The van der Waals surface area contributed by atoms with Gasteiger partial charge in [-0.15, -0.1) is 11.3 Å². The number of hydrogen-bond donors (Lipinski definition) is 1. The third-order valence-electron chi connectivity index (χ3n) is 4.81. The number of hydrogen-bond acceptors (Lipinski definition) is 7. The highest BCUT2D eigenvalue weighted by Gasteiger charge is 2.47. The predicted octanol–water partition coefficient (Wildman–Crippen LogP) is -0.395. The van der Waals surface area contributed by atoms with E-state index in [-0.39, 0.29) is 42.5 Å². The number of aryl methyl sites for hydroxylation is 2. The van der Waals surface area contributed by atoms with Crippen molar-refractivity contribution in [1.29, 1.82) is 0 Å². The van der Waals surface area contributed by atoms with Gasteiger partial charge >= 0.3 is 0 Å². The van der Waals surface area contributed by atoms with E-state index in [0.717, 1.165) is 15.6 Å². The zero-order valence-electron chi connectivity index (χ0n) is 13.9. The normalized spacial score (nSPS) is 26.5. The maximum Gasteiger partial charge on any atom is 0.228 e. The smallest absolute Gasteiger partial charge is 0.228 e. The molecule has 0 radical (unpaired) electrons. The van der Waals surface area contributed by atoms with Crippen molar-refractivity contribution in [2.24, 2.45) is 0 Å². The van der Waals surface area contributed by atoms with Crippen molar-refractivity contribution < 1.29 is 18.3 Å². The number of aliphatic hydroxyl groups excluding tert-OH is 1. The molecule has 0 aliphatic carbocycles. The van der Waals surface area contributed by atoms with Crippen LogP contribution >= 0.6 is 11.3 Å². The number of aliphatic hydroxyl groups is 1. The summed E-state index contributed by atoms with van der Waals surface area (Å²) in [5, 5.41) is 10.1. The molecule has 7 nitrogen and oxygen atoms in total. The molecule has 0 bridgehead atoms. The number of thiazole rings is 1. The molecular formula is C15H23N3O4S2. The molecule has 0 aromatic carbocycles. The van der Waals surface area contributed by atoms with Crippen molar-refractivity contribution in [1.82, 2.24) is 14.8 Å². The second-order valence-corrected chi connectivity index (χ2v) is 9.92. The average molecular weight is 374 g/mol. The van der Waals surface area contributed by atoms with Crippen LogP contribution in [0.5, 0.6) is 0 Å². The van der Waals surface area contributed by atoms with Crippen LogP contribution in [0, 0.1) is 13.8 Å². The average Bonchev–Trinajstić information content (AvgIpc) is 2.97. The summed E-state index contributed by atoms with van der Waals surface area (Å²) in [4.78, 5) is 21.8. The first-order valence-electron chi connectivity index (χ1n) is 8.08. The number of piperazine rings is 1. The Morgan fingerprint density at radius 1 is 1.29 bits per heavy atom. The first-order chi connectivity index (χ1) is 11.3. The molecule has 3 heterocycles. The van der Waals surface area contributed by atoms with Gasteiger partial charge in [-0.2, -0.15) is 0 Å². The van der Waals surface area contributed by atoms with Crippen LogP contribution in [0.25, 0.3) is 0 Å². The Hall–Kier alpha value is -1.03. The zero-order valence-corrected chi connectivity index (χ0v) is 15.6. The predicted molar refractivity (Wildman–Crippen MR) is 91.9 cm³/mol. The topological polar surface area (TPSA) is 90.8 Å². The van der Waals surface area contributed by atoms with Crippen LogP contribution in [0.3, 0.4) is 0 Å². The molecule has 0 saturated carbocycles. The molecule has 1 aromatic heterocycles. The van der Waals surface area contributed by atoms with Crippen molar-refractivity contribution in [2.45, 2.75) is 32.4 Å². The Bertz CT molecular complexity index is 731. The van der Waals surface area contributed by atoms with E-state index >= 15 is 0 Å². The Morgan fingerprint density at radius 3 is 2.62 bits per heavy atom. The molecule has 0 unspecified atom stereocenters. The lowest BCUT2D eigenvalue weighted by Crippen LogP contribution is -2.61. The molecule has 2 saturated heterocycles. The SMILES string of the molecule is Cc1nc(C)c(CC(=O)N2CCN(CCO)[C@@H]3CS(=O)(=O)C[C@@H]32)s1. The van der Waals surface area contributed by atoms with Crippen LogP contribution in [0.4, 0.5) is 0 Å². The highest BCUT2D eigenvalue weighted by Crippen LogP contribution is 2.28. The highest BCUT2D eigenvalue weighted by atomic mass is 32.2. The van der Waals surface area contributed by atoms with Gasteiger partial charge < -0.3 is 10.0 Å². The van der Waals surface area contributed by atoms with Gasteiger partial charge in [0.15, 0.2) is 9.84 Å². The summed E-state index contributed by atoms with van der Waals surface area (Å²) >= 11 is 1.52. The van der Waals surface area contributed by atoms with E-state index in [4.69, 9.17) is 0 Å². The fourth-order valence-electron chi connectivity index (χ4n) is 3.72. The summed E-state index contributed by atoms with van der Waals surface area (Å²) in [6, 6.07) is -0.513. The minimum absolute atomic E-state index is 0.00342. The third-order valence-corrected chi connectivity index (χ3v) is 7.58. The summed E-state index contributed by atoms with van der Waals surface area (Å²) in [7, 11) is -3.15. The van der Waals surface area contributed by atoms with Crippen molar-refractivity contribution in [3.63, 3.8) is 0 Å². The highest BCUT2D eigenvalue weighted by molar-refractivity contribution is 7.91. The Morgan fingerprint density at radius 2 is 2.00 bits per heavy atom. The molecule has 2 aliphatic rings. The number of rotatable bonds is 4. The number of sulfone groups is 1. The molecule has 3 rings (SSSR count). The quantitative estimate of drug-likeness (QED) is 0.773. The summed E-state index contributed by atoms with van der Waals surface area (Å²) in [6.07, 6.45) is 0.278. The number of carbonyl (C=O) groups excluding carboxylic acids is 1. The van der Waals surface area contributed by atoms with Crippen molar-refractivity contribution in [3.05, 3.63) is 15.6 Å². The maximum absolute atomic E-state index is 12.8. The van der Waals surface area contributed by atoms with Gasteiger partial charge in [0, 0.05) is 30.6 Å². The first kappa shape index (κ1) is 17.8. The molecule has 24 heavy (non-hydrogen) atoms. The Balaban J connectivity index is 1.78. The van der Waals surface area contributed by atoms with E-state index in [0.29, 0.717) is 19.6 Å². The van der Waals surface area contributed by atoms with Crippen LogP contribution in [-0.2, 0) is 21.1 Å². The summed E-state index contributed by atoms with van der Waals surface area (Å²) in [5.74, 6) is 0.0594. The fraction of sp³-hybridized carbons (Fsp3) is 0.733. The number of carbonyl (C=O) groups is 1. The molecule has 9 heteroatoms. The number of fused-ring (bicyclic) bond motifs is 1. The second-order valence-electron chi connectivity index (χ2n) is 6.48. The van der Waals surface area contributed by atoms with Crippen LogP contribution in [0.2, 0.25) is 0 Å². The molecule has 1 amide bonds. The molecule has 0 spiro atoms. The fourth-order valence-corrected chi connectivity index (χ4v) is 6.66.